The zero-order valence-corrected chi connectivity index (χ0v) is 13.0. The molecule has 0 spiro atoms. The van der Waals surface area contributed by atoms with Crippen molar-refractivity contribution < 1.29 is 4.74 Å². The summed E-state index contributed by atoms with van der Waals surface area (Å²) in [6.45, 7) is 7.45. The van der Waals surface area contributed by atoms with E-state index in [9.17, 15) is 0 Å². The van der Waals surface area contributed by atoms with Crippen LogP contribution in [0.4, 0.5) is 5.69 Å². The van der Waals surface area contributed by atoms with Gasteiger partial charge in [0.15, 0.2) is 0 Å². The first-order valence-electron chi connectivity index (χ1n) is 7.09. The van der Waals surface area contributed by atoms with Gasteiger partial charge >= 0.3 is 0 Å². The first kappa shape index (κ1) is 15.0. The Morgan fingerprint density at radius 1 is 1.29 bits per heavy atom. The molecule has 21 heavy (non-hydrogen) atoms. The number of aromatic nitrogens is 1. The Bertz CT molecular complexity index is 680. The Labute approximate surface area is 126 Å². The maximum absolute atomic E-state index is 9.06. The van der Waals surface area contributed by atoms with Gasteiger partial charge in [0.25, 0.3) is 0 Å². The molecule has 110 valence electrons. The molecule has 1 N–H and O–H groups in total. The van der Waals surface area contributed by atoms with Crippen molar-refractivity contribution in [1.82, 2.24) is 4.57 Å². The minimum atomic E-state index is 0.673. The Balaban J connectivity index is 2.12. The van der Waals surface area contributed by atoms with Gasteiger partial charge in [0.05, 0.1) is 6.61 Å². The van der Waals surface area contributed by atoms with E-state index < -0.39 is 0 Å². The number of hydrogen-bond acceptors (Lipinski definition) is 3. The lowest BCUT2D eigenvalue weighted by molar-refractivity contribution is 0.340. The van der Waals surface area contributed by atoms with Crippen LogP contribution in [0, 0.1) is 25.2 Å². The molecule has 0 saturated carbocycles. The van der Waals surface area contributed by atoms with Gasteiger partial charge in [-0.1, -0.05) is 0 Å². The molecule has 4 nitrogen and oxygen atoms in total. The Morgan fingerprint density at radius 2 is 2.05 bits per heavy atom. The van der Waals surface area contributed by atoms with Crippen LogP contribution in [0.3, 0.4) is 0 Å². The molecule has 1 aromatic heterocycles. The van der Waals surface area contributed by atoms with E-state index in [2.05, 4.69) is 18.3 Å². The fraction of sp³-hybridized carbons (Fsp3) is 0.353. The second kappa shape index (κ2) is 6.36. The molecular weight excluding hydrogens is 262 g/mol. The van der Waals surface area contributed by atoms with Crippen LogP contribution in [0.5, 0.6) is 5.75 Å². The quantitative estimate of drug-likeness (QED) is 0.913. The van der Waals surface area contributed by atoms with Gasteiger partial charge in [-0.05, 0) is 56.2 Å². The van der Waals surface area contributed by atoms with Crippen molar-refractivity contribution in [2.75, 3.05) is 11.9 Å². The zero-order valence-electron chi connectivity index (χ0n) is 13.0. The molecule has 2 aromatic rings. The number of nitrogens with one attached hydrogen (secondary N) is 1. The molecule has 0 amide bonds. The van der Waals surface area contributed by atoms with Gasteiger partial charge in [0, 0.05) is 25.0 Å². The Morgan fingerprint density at radius 3 is 2.62 bits per heavy atom. The monoisotopic (exact) mass is 283 g/mol. The molecule has 4 heteroatoms. The van der Waals surface area contributed by atoms with Crippen LogP contribution in [-0.2, 0) is 13.6 Å². The van der Waals surface area contributed by atoms with Crippen molar-refractivity contribution in [3.05, 3.63) is 46.8 Å². The van der Waals surface area contributed by atoms with E-state index in [4.69, 9.17) is 10.00 Å². The number of aryl methyl sites for hydroxylation is 1. The van der Waals surface area contributed by atoms with E-state index in [1.54, 1.807) is 0 Å². The summed E-state index contributed by atoms with van der Waals surface area (Å²) in [7, 11) is 1.92. The van der Waals surface area contributed by atoms with Crippen molar-refractivity contribution in [1.29, 1.82) is 5.26 Å². The van der Waals surface area contributed by atoms with Crippen LogP contribution in [0.15, 0.2) is 24.3 Å². The maximum atomic E-state index is 9.06. The highest BCUT2D eigenvalue weighted by molar-refractivity contribution is 5.54. The molecule has 2 rings (SSSR count). The third-order valence-corrected chi connectivity index (χ3v) is 3.73. The molecule has 0 aliphatic rings. The lowest BCUT2D eigenvalue weighted by atomic mass is 10.1. The van der Waals surface area contributed by atoms with Crippen LogP contribution in [0.2, 0.25) is 0 Å². The molecule has 0 atom stereocenters. The van der Waals surface area contributed by atoms with Gasteiger partial charge in [-0.3, -0.25) is 0 Å². The maximum Gasteiger partial charge on any atom is 0.120 e. The van der Waals surface area contributed by atoms with Crippen LogP contribution in [0.25, 0.3) is 0 Å². The Kier molecular flexibility index (Phi) is 4.54. The minimum Gasteiger partial charge on any atom is -0.494 e. The third kappa shape index (κ3) is 3.19. The van der Waals surface area contributed by atoms with E-state index >= 15 is 0 Å². The average Bonchev–Trinajstić information content (AvgIpc) is 2.74. The number of rotatable bonds is 5. The summed E-state index contributed by atoms with van der Waals surface area (Å²) in [5.41, 5.74) is 5.17. The lowest BCUT2D eigenvalue weighted by Crippen LogP contribution is -2.03. The van der Waals surface area contributed by atoms with E-state index in [1.165, 1.54) is 0 Å². The summed E-state index contributed by atoms with van der Waals surface area (Å²) < 4.78 is 7.41. The second-order valence-corrected chi connectivity index (χ2v) is 5.07. The summed E-state index contributed by atoms with van der Waals surface area (Å²) >= 11 is 0. The molecule has 0 aliphatic carbocycles. The molecule has 0 unspecified atom stereocenters. The van der Waals surface area contributed by atoms with Crippen molar-refractivity contribution in [3.63, 3.8) is 0 Å². The molecule has 0 aliphatic heterocycles. The van der Waals surface area contributed by atoms with Gasteiger partial charge in [-0.2, -0.15) is 5.26 Å². The van der Waals surface area contributed by atoms with E-state index in [-0.39, 0.29) is 0 Å². The first-order valence-corrected chi connectivity index (χ1v) is 7.09. The SMILES string of the molecule is CCOc1ccc(NCc2cc(C#N)n(C)c2C)c(C)c1. The molecule has 1 aromatic carbocycles. The summed E-state index contributed by atoms with van der Waals surface area (Å²) in [5, 5.41) is 12.5. The lowest BCUT2D eigenvalue weighted by Gasteiger charge is -2.11. The predicted molar refractivity (Wildman–Crippen MR) is 84.5 cm³/mol. The molecular formula is C17H21N3O. The number of nitriles is 1. The zero-order chi connectivity index (χ0) is 15.4. The van der Waals surface area contributed by atoms with E-state index in [0.717, 1.165) is 28.3 Å². The smallest absolute Gasteiger partial charge is 0.120 e. The van der Waals surface area contributed by atoms with E-state index in [1.807, 2.05) is 49.7 Å². The van der Waals surface area contributed by atoms with E-state index in [0.29, 0.717) is 18.8 Å². The fourth-order valence-corrected chi connectivity index (χ4v) is 2.33. The largest absolute Gasteiger partial charge is 0.494 e. The van der Waals surface area contributed by atoms with Gasteiger partial charge < -0.3 is 14.6 Å². The summed E-state index contributed by atoms with van der Waals surface area (Å²) in [4.78, 5) is 0. The summed E-state index contributed by atoms with van der Waals surface area (Å²) in [6, 6.07) is 10.2. The van der Waals surface area contributed by atoms with Crippen LogP contribution in [-0.4, -0.2) is 11.2 Å². The highest BCUT2D eigenvalue weighted by atomic mass is 16.5. The highest BCUT2D eigenvalue weighted by Crippen LogP contribution is 2.23. The summed E-state index contributed by atoms with van der Waals surface area (Å²) in [5.74, 6) is 0.892. The van der Waals surface area contributed by atoms with Crippen molar-refractivity contribution in [2.45, 2.75) is 27.3 Å². The summed E-state index contributed by atoms with van der Waals surface area (Å²) in [6.07, 6.45) is 0. The number of nitrogens with zero attached hydrogens (tertiary/aromatic N) is 2. The molecule has 1 heterocycles. The minimum absolute atomic E-state index is 0.673. The van der Waals surface area contributed by atoms with Crippen LogP contribution < -0.4 is 10.1 Å². The van der Waals surface area contributed by atoms with Gasteiger partial charge in [0.1, 0.15) is 17.5 Å². The predicted octanol–water partition coefficient (Wildman–Crippen LogP) is 3.52. The van der Waals surface area contributed by atoms with Crippen LogP contribution in [0.1, 0.15) is 29.4 Å². The van der Waals surface area contributed by atoms with Gasteiger partial charge in [0.2, 0.25) is 0 Å². The van der Waals surface area contributed by atoms with Crippen molar-refractivity contribution in [3.8, 4) is 11.8 Å². The van der Waals surface area contributed by atoms with Gasteiger partial charge in [-0.25, -0.2) is 0 Å². The number of hydrogen-bond donors (Lipinski definition) is 1. The van der Waals surface area contributed by atoms with Crippen LogP contribution >= 0.6 is 0 Å². The normalized spacial score (nSPS) is 10.2. The van der Waals surface area contributed by atoms with Crippen molar-refractivity contribution >= 4 is 5.69 Å². The second-order valence-electron chi connectivity index (χ2n) is 5.07. The topological polar surface area (TPSA) is 50.0 Å². The van der Waals surface area contributed by atoms with Crippen molar-refractivity contribution in [2.24, 2.45) is 7.05 Å². The molecule has 0 radical (unpaired) electrons. The molecule has 0 bridgehead atoms. The third-order valence-electron chi connectivity index (χ3n) is 3.73. The Hall–Kier alpha value is -2.41. The molecule has 0 saturated heterocycles. The number of benzene rings is 1. The molecule has 0 fully saturated rings. The number of anilines is 1. The fourth-order valence-electron chi connectivity index (χ4n) is 2.33. The highest BCUT2D eigenvalue weighted by Gasteiger charge is 2.09. The standard InChI is InChI=1S/C17H21N3O/c1-5-21-16-6-7-17(12(2)8-16)19-11-14-9-15(10-18)20(4)13(14)3/h6-9,19H,5,11H2,1-4H3. The first-order chi connectivity index (χ1) is 10.1. The number of ether oxygens (including phenoxy) is 1. The average molecular weight is 283 g/mol. The van der Waals surface area contributed by atoms with Gasteiger partial charge in [-0.15, -0.1) is 0 Å².